The second-order valence-electron chi connectivity index (χ2n) is 2.58. The average Bonchev–Trinajstić information content (AvgIpc) is 2.15. The largest absolute Gasteiger partial charge is 1.00 e. The van der Waals surface area contributed by atoms with E-state index < -0.39 is 11.9 Å². The summed E-state index contributed by atoms with van der Waals surface area (Å²) < 4.78 is 0. The minimum absolute atomic E-state index is 0. The van der Waals surface area contributed by atoms with Crippen LogP contribution in [0.1, 0.15) is 10.4 Å². The first-order valence-corrected chi connectivity index (χ1v) is 3.87. The Labute approximate surface area is 129 Å². The summed E-state index contributed by atoms with van der Waals surface area (Å²) in [5, 5.41) is 21.4. The van der Waals surface area contributed by atoms with E-state index >= 15 is 0 Å². The fourth-order valence-corrected chi connectivity index (χ4v) is 0.986. The van der Waals surface area contributed by atoms with Crippen LogP contribution in [0.25, 0.3) is 0 Å². The average molecular weight is 233 g/mol. The molecule has 0 aliphatic rings. The molecule has 1 rings (SSSR count). The molecule has 74 valence electrons. The van der Waals surface area contributed by atoms with Gasteiger partial charge in [-0.15, -0.1) is 0 Å². The fourth-order valence-electron chi connectivity index (χ4n) is 0.986. The second kappa shape index (κ2) is 6.97. The predicted octanol–water partition coefficient (Wildman–Crippen LogP) is -3.45. The van der Waals surface area contributed by atoms with Crippen molar-refractivity contribution in [1.29, 1.82) is 0 Å². The van der Waals surface area contributed by atoms with Crippen molar-refractivity contribution in [2.45, 2.75) is 0 Å². The van der Waals surface area contributed by atoms with E-state index in [0.29, 0.717) is 0 Å². The SMILES string of the molecule is O=C(O)CNc1ccccc1C(=O)[O-].[K+]. The molecule has 6 heteroatoms. The quantitative estimate of drug-likeness (QED) is 0.528. The van der Waals surface area contributed by atoms with Crippen LogP contribution in [0.5, 0.6) is 0 Å². The van der Waals surface area contributed by atoms with Gasteiger partial charge in [0.15, 0.2) is 0 Å². The maximum Gasteiger partial charge on any atom is 1.00 e. The van der Waals surface area contributed by atoms with Crippen molar-refractivity contribution >= 4 is 17.6 Å². The van der Waals surface area contributed by atoms with Crippen molar-refractivity contribution in [3.8, 4) is 0 Å². The summed E-state index contributed by atoms with van der Waals surface area (Å²) in [7, 11) is 0. The molecular formula is C9H8KNO4. The molecule has 1 aromatic carbocycles. The Morgan fingerprint density at radius 2 is 1.93 bits per heavy atom. The molecule has 0 unspecified atom stereocenters. The van der Waals surface area contributed by atoms with Gasteiger partial charge in [0, 0.05) is 11.3 Å². The third-order valence-corrected chi connectivity index (χ3v) is 1.58. The Kier molecular flexibility index (Phi) is 6.78. The molecule has 0 atom stereocenters. The van der Waals surface area contributed by atoms with Crippen LogP contribution in [0.4, 0.5) is 5.69 Å². The normalized spacial score (nSPS) is 8.80. The Bertz CT molecular complexity index is 367. The molecule has 0 radical (unpaired) electrons. The summed E-state index contributed by atoms with van der Waals surface area (Å²) in [6.45, 7) is -0.329. The van der Waals surface area contributed by atoms with E-state index in [-0.39, 0.29) is 69.2 Å². The fraction of sp³-hybridized carbons (Fsp3) is 0.111. The number of hydrogen-bond acceptors (Lipinski definition) is 4. The van der Waals surface area contributed by atoms with E-state index in [0.717, 1.165) is 0 Å². The molecule has 0 aromatic heterocycles. The number of rotatable bonds is 4. The van der Waals surface area contributed by atoms with Crippen molar-refractivity contribution in [1.82, 2.24) is 0 Å². The van der Waals surface area contributed by atoms with Gasteiger partial charge < -0.3 is 20.3 Å². The molecule has 5 nitrogen and oxygen atoms in total. The molecule has 0 bridgehead atoms. The van der Waals surface area contributed by atoms with Gasteiger partial charge in [0.05, 0.1) is 5.97 Å². The molecule has 0 fully saturated rings. The van der Waals surface area contributed by atoms with E-state index in [1.807, 2.05) is 0 Å². The summed E-state index contributed by atoms with van der Waals surface area (Å²) in [4.78, 5) is 20.8. The summed E-state index contributed by atoms with van der Waals surface area (Å²) in [5.74, 6) is -2.39. The zero-order valence-corrected chi connectivity index (χ0v) is 11.3. The first-order valence-electron chi connectivity index (χ1n) is 3.87. The number of hydrogen-bond donors (Lipinski definition) is 2. The van der Waals surface area contributed by atoms with Gasteiger partial charge in [0.25, 0.3) is 0 Å². The molecule has 0 saturated heterocycles. The third kappa shape index (κ3) is 4.76. The first-order chi connectivity index (χ1) is 6.61. The minimum Gasteiger partial charge on any atom is -0.545 e. The number of aliphatic carboxylic acids is 1. The smallest absolute Gasteiger partial charge is 0.545 e. The van der Waals surface area contributed by atoms with Gasteiger partial charge in [-0.25, -0.2) is 0 Å². The van der Waals surface area contributed by atoms with Gasteiger partial charge in [-0.2, -0.15) is 0 Å². The van der Waals surface area contributed by atoms with Crippen LogP contribution in [-0.2, 0) is 4.79 Å². The molecule has 2 N–H and O–H groups in total. The van der Waals surface area contributed by atoms with Gasteiger partial charge >= 0.3 is 57.4 Å². The summed E-state index contributed by atoms with van der Waals surface area (Å²) in [6.07, 6.45) is 0. The number of carbonyl (C=O) groups is 2. The Balaban J connectivity index is 0.00000196. The van der Waals surface area contributed by atoms with Gasteiger partial charge in [-0.3, -0.25) is 4.79 Å². The number of anilines is 1. The van der Waals surface area contributed by atoms with Crippen LogP contribution in [0.2, 0.25) is 0 Å². The van der Waals surface area contributed by atoms with Crippen LogP contribution in [-0.4, -0.2) is 23.6 Å². The predicted molar refractivity (Wildman–Crippen MR) is 46.9 cm³/mol. The summed E-state index contributed by atoms with van der Waals surface area (Å²) in [5.41, 5.74) is 0.198. The molecule has 0 spiro atoms. The monoisotopic (exact) mass is 233 g/mol. The van der Waals surface area contributed by atoms with Crippen LogP contribution >= 0.6 is 0 Å². The van der Waals surface area contributed by atoms with Gasteiger partial charge in [-0.1, -0.05) is 18.2 Å². The molecule has 0 aliphatic heterocycles. The minimum atomic E-state index is -1.33. The standard InChI is InChI=1S/C9H9NO4.K/c11-8(12)5-10-7-4-2-1-3-6(7)9(13)14;/h1-4,10H,5H2,(H,11,12)(H,13,14);/q;+1/p-1. The van der Waals surface area contributed by atoms with Gasteiger partial charge in [0.2, 0.25) is 0 Å². The maximum atomic E-state index is 10.6. The van der Waals surface area contributed by atoms with Crippen LogP contribution in [0.15, 0.2) is 24.3 Å². The van der Waals surface area contributed by atoms with Crippen molar-refractivity contribution in [2.75, 3.05) is 11.9 Å². The molecule has 0 amide bonds. The van der Waals surface area contributed by atoms with Crippen LogP contribution in [0.3, 0.4) is 0 Å². The number of carboxylic acid groups (broad SMARTS) is 2. The Morgan fingerprint density at radius 1 is 1.33 bits per heavy atom. The third-order valence-electron chi connectivity index (χ3n) is 1.58. The van der Waals surface area contributed by atoms with Crippen LogP contribution in [0, 0.1) is 0 Å². The van der Waals surface area contributed by atoms with Crippen LogP contribution < -0.4 is 61.8 Å². The van der Waals surface area contributed by atoms with E-state index in [1.165, 1.54) is 18.2 Å². The second-order valence-corrected chi connectivity index (χ2v) is 2.58. The number of benzene rings is 1. The zero-order valence-electron chi connectivity index (χ0n) is 8.19. The number of aromatic carboxylic acids is 1. The Morgan fingerprint density at radius 3 is 2.47 bits per heavy atom. The molecular weight excluding hydrogens is 225 g/mol. The van der Waals surface area contributed by atoms with E-state index in [2.05, 4.69) is 5.32 Å². The van der Waals surface area contributed by atoms with E-state index in [4.69, 9.17) is 5.11 Å². The maximum absolute atomic E-state index is 10.6. The molecule has 1 aromatic rings. The van der Waals surface area contributed by atoms with Crippen molar-refractivity contribution in [3.63, 3.8) is 0 Å². The van der Waals surface area contributed by atoms with Gasteiger partial charge in [-0.05, 0) is 6.07 Å². The molecule has 15 heavy (non-hydrogen) atoms. The first kappa shape index (κ1) is 14.6. The van der Waals surface area contributed by atoms with E-state index in [1.54, 1.807) is 6.07 Å². The Hall–Kier alpha value is -0.404. The molecule has 0 aliphatic carbocycles. The molecule has 0 heterocycles. The van der Waals surface area contributed by atoms with Gasteiger partial charge in [0.1, 0.15) is 6.54 Å². The zero-order chi connectivity index (χ0) is 10.6. The number of para-hydroxylation sites is 1. The van der Waals surface area contributed by atoms with E-state index in [9.17, 15) is 14.7 Å². The molecule has 0 saturated carbocycles. The summed E-state index contributed by atoms with van der Waals surface area (Å²) in [6, 6.07) is 5.97. The number of carboxylic acids is 2. The number of carbonyl (C=O) groups excluding carboxylic acids is 1. The number of nitrogens with one attached hydrogen (secondary N) is 1. The summed E-state index contributed by atoms with van der Waals surface area (Å²) >= 11 is 0. The topological polar surface area (TPSA) is 89.5 Å². The van der Waals surface area contributed by atoms with Crippen molar-refractivity contribution < 1.29 is 71.2 Å². The van der Waals surface area contributed by atoms with Crippen molar-refractivity contribution in [3.05, 3.63) is 29.8 Å². The van der Waals surface area contributed by atoms with Crippen molar-refractivity contribution in [2.24, 2.45) is 0 Å².